The second kappa shape index (κ2) is 5.13. The normalized spacial score (nSPS) is 10.7. The predicted octanol–water partition coefficient (Wildman–Crippen LogP) is 4.21. The largest absolute Gasteiger partial charge is 0.316 e. The van der Waals surface area contributed by atoms with Crippen LogP contribution in [0.25, 0.3) is 10.4 Å². The van der Waals surface area contributed by atoms with Crippen LogP contribution in [0, 0.1) is 6.92 Å². The summed E-state index contributed by atoms with van der Waals surface area (Å²) in [5.41, 5.74) is 3.93. The van der Waals surface area contributed by atoms with Gasteiger partial charge in [-0.05, 0) is 54.2 Å². The second-order valence-electron chi connectivity index (χ2n) is 3.81. The minimum absolute atomic E-state index is 0.937. The third-order valence-electron chi connectivity index (χ3n) is 2.48. The summed E-state index contributed by atoms with van der Waals surface area (Å²) >= 11 is 5.33. The molecule has 1 nitrogen and oxygen atoms in total. The Bertz CT molecular complexity index is 490. The smallest absolute Gasteiger partial charge is 0.0346 e. The van der Waals surface area contributed by atoms with Gasteiger partial charge in [-0.25, -0.2) is 0 Å². The lowest BCUT2D eigenvalue weighted by atomic mass is 10.1. The molecule has 0 bridgehead atoms. The molecule has 0 unspecified atom stereocenters. The monoisotopic (exact) mass is 295 g/mol. The molecule has 84 valence electrons. The summed E-state index contributed by atoms with van der Waals surface area (Å²) in [7, 11) is 1.97. The zero-order valence-corrected chi connectivity index (χ0v) is 11.8. The molecule has 2 aromatic rings. The number of aryl methyl sites for hydroxylation is 1. The fourth-order valence-electron chi connectivity index (χ4n) is 1.62. The molecule has 2 rings (SSSR count). The van der Waals surface area contributed by atoms with E-state index >= 15 is 0 Å². The molecule has 16 heavy (non-hydrogen) atoms. The first-order valence-electron chi connectivity index (χ1n) is 5.19. The summed E-state index contributed by atoms with van der Waals surface area (Å²) in [5, 5.41) is 5.38. The molecule has 0 saturated carbocycles. The maximum absolute atomic E-state index is 3.53. The quantitative estimate of drug-likeness (QED) is 0.895. The van der Waals surface area contributed by atoms with E-state index < -0.39 is 0 Å². The van der Waals surface area contributed by atoms with Crippen molar-refractivity contribution in [3.8, 4) is 10.4 Å². The van der Waals surface area contributed by atoms with Gasteiger partial charge < -0.3 is 5.32 Å². The molecule has 0 amide bonds. The van der Waals surface area contributed by atoms with Gasteiger partial charge in [0.05, 0.1) is 0 Å². The van der Waals surface area contributed by atoms with Gasteiger partial charge in [0.2, 0.25) is 0 Å². The lowest BCUT2D eigenvalue weighted by molar-refractivity contribution is 0.821. The number of thiophene rings is 1. The van der Waals surface area contributed by atoms with Gasteiger partial charge >= 0.3 is 0 Å². The average Bonchev–Trinajstić information content (AvgIpc) is 2.71. The molecule has 1 aromatic heterocycles. The number of hydrogen-bond acceptors (Lipinski definition) is 2. The van der Waals surface area contributed by atoms with Gasteiger partial charge in [-0.3, -0.25) is 0 Å². The first-order valence-corrected chi connectivity index (χ1v) is 6.86. The number of rotatable bonds is 3. The third-order valence-corrected chi connectivity index (χ3v) is 4.39. The highest BCUT2D eigenvalue weighted by atomic mass is 79.9. The van der Waals surface area contributed by atoms with Crippen molar-refractivity contribution in [1.29, 1.82) is 0 Å². The van der Waals surface area contributed by atoms with Gasteiger partial charge in [-0.2, -0.15) is 0 Å². The topological polar surface area (TPSA) is 12.0 Å². The van der Waals surface area contributed by atoms with E-state index in [1.54, 1.807) is 11.3 Å². The summed E-state index contributed by atoms with van der Waals surface area (Å²) in [6.45, 7) is 3.06. The van der Waals surface area contributed by atoms with Crippen molar-refractivity contribution in [3.63, 3.8) is 0 Å². The second-order valence-corrected chi connectivity index (χ2v) is 5.58. The van der Waals surface area contributed by atoms with E-state index in [4.69, 9.17) is 0 Å². The maximum Gasteiger partial charge on any atom is 0.0346 e. The molecule has 0 spiro atoms. The number of benzene rings is 1. The SMILES string of the molecule is CNCc1csc(-c2ccc(Br)c(C)c2)c1. The highest BCUT2D eigenvalue weighted by Gasteiger charge is 2.03. The number of halogens is 1. The van der Waals surface area contributed by atoms with E-state index in [-0.39, 0.29) is 0 Å². The molecule has 1 N–H and O–H groups in total. The van der Waals surface area contributed by atoms with E-state index in [0.717, 1.165) is 6.54 Å². The van der Waals surface area contributed by atoms with Crippen LogP contribution in [-0.4, -0.2) is 7.05 Å². The van der Waals surface area contributed by atoms with Crippen LogP contribution in [0.2, 0.25) is 0 Å². The molecule has 0 fully saturated rings. The van der Waals surface area contributed by atoms with E-state index in [0.29, 0.717) is 0 Å². The first-order chi connectivity index (χ1) is 7.70. The zero-order valence-electron chi connectivity index (χ0n) is 9.38. The Morgan fingerprint density at radius 1 is 1.31 bits per heavy atom. The fourth-order valence-corrected chi connectivity index (χ4v) is 2.78. The van der Waals surface area contributed by atoms with E-state index in [9.17, 15) is 0 Å². The molecule has 0 radical (unpaired) electrons. The molecule has 0 saturated heterocycles. The molecule has 0 atom stereocenters. The van der Waals surface area contributed by atoms with Crippen LogP contribution < -0.4 is 5.32 Å². The maximum atomic E-state index is 3.53. The summed E-state index contributed by atoms with van der Waals surface area (Å²) in [5.74, 6) is 0. The average molecular weight is 296 g/mol. The lowest BCUT2D eigenvalue weighted by Crippen LogP contribution is -2.03. The molecular weight excluding hydrogens is 282 g/mol. The van der Waals surface area contributed by atoms with Crippen molar-refractivity contribution in [3.05, 3.63) is 45.2 Å². The summed E-state index contributed by atoms with van der Waals surface area (Å²) in [6.07, 6.45) is 0. The molecule has 0 aliphatic carbocycles. The molecule has 0 aliphatic rings. The van der Waals surface area contributed by atoms with Crippen LogP contribution in [0.1, 0.15) is 11.1 Å². The standard InChI is InChI=1S/C13H14BrNS/c1-9-5-11(3-4-12(9)14)13-6-10(7-15-2)8-16-13/h3-6,8,15H,7H2,1-2H3. The van der Waals surface area contributed by atoms with Gasteiger partial charge in [0.15, 0.2) is 0 Å². The van der Waals surface area contributed by atoms with Gasteiger partial charge in [0, 0.05) is 15.9 Å². The molecule has 0 aliphatic heterocycles. The van der Waals surface area contributed by atoms with Crippen LogP contribution in [0.15, 0.2) is 34.1 Å². The Labute approximate surface area is 109 Å². The van der Waals surface area contributed by atoms with Gasteiger partial charge in [-0.15, -0.1) is 11.3 Å². The molecular formula is C13H14BrNS. The first kappa shape index (κ1) is 11.8. The van der Waals surface area contributed by atoms with Crippen molar-refractivity contribution in [2.75, 3.05) is 7.05 Å². The minimum atomic E-state index is 0.937. The van der Waals surface area contributed by atoms with E-state index in [1.807, 2.05) is 7.05 Å². The van der Waals surface area contributed by atoms with Crippen molar-refractivity contribution >= 4 is 27.3 Å². The van der Waals surface area contributed by atoms with E-state index in [2.05, 4.69) is 57.8 Å². The van der Waals surface area contributed by atoms with Crippen molar-refractivity contribution < 1.29 is 0 Å². The van der Waals surface area contributed by atoms with Crippen molar-refractivity contribution in [1.82, 2.24) is 5.32 Å². The van der Waals surface area contributed by atoms with Gasteiger partial charge in [-0.1, -0.05) is 22.0 Å². The highest BCUT2D eigenvalue weighted by Crippen LogP contribution is 2.30. The van der Waals surface area contributed by atoms with Crippen LogP contribution in [0.5, 0.6) is 0 Å². The van der Waals surface area contributed by atoms with E-state index in [1.165, 1.54) is 26.0 Å². The minimum Gasteiger partial charge on any atom is -0.316 e. The predicted molar refractivity (Wildman–Crippen MR) is 75.0 cm³/mol. The Morgan fingerprint density at radius 3 is 2.81 bits per heavy atom. The Kier molecular flexibility index (Phi) is 3.79. The summed E-state index contributed by atoms with van der Waals surface area (Å²) < 4.78 is 1.17. The van der Waals surface area contributed by atoms with Crippen LogP contribution in [0.3, 0.4) is 0 Å². The third kappa shape index (κ3) is 2.54. The fraction of sp³-hybridized carbons (Fsp3) is 0.231. The van der Waals surface area contributed by atoms with Gasteiger partial charge in [0.1, 0.15) is 0 Å². The van der Waals surface area contributed by atoms with Crippen LogP contribution >= 0.6 is 27.3 Å². The molecule has 1 aromatic carbocycles. The van der Waals surface area contributed by atoms with Crippen molar-refractivity contribution in [2.45, 2.75) is 13.5 Å². The zero-order chi connectivity index (χ0) is 11.5. The molecule has 1 heterocycles. The van der Waals surface area contributed by atoms with Crippen LogP contribution in [0.4, 0.5) is 0 Å². The Balaban J connectivity index is 2.31. The Morgan fingerprint density at radius 2 is 2.12 bits per heavy atom. The van der Waals surface area contributed by atoms with Crippen LogP contribution in [-0.2, 0) is 6.54 Å². The van der Waals surface area contributed by atoms with Gasteiger partial charge in [0.25, 0.3) is 0 Å². The number of hydrogen-bond donors (Lipinski definition) is 1. The Hall–Kier alpha value is -0.640. The summed E-state index contributed by atoms with van der Waals surface area (Å²) in [6, 6.07) is 8.75. The number of nitrogens with one attached hydrogen (secondary N) is 1. The van der Waals surface area contributed by atoms with Crippen molar-refractivity contribution in [2.24, 2.45) is 0 Å². The molecule has 3 heteroatoms. The lowest BCUT2D eigenvalue weighted by Gasteiger charge is -2.01. The highest BCUT2D eigenvalue weighted by molar-refractivity contribution is 9.10. The summed E-state index contributed by atoms with van der Waals surface area (Å²) in [4.78, 5) is 1.33.